The van der Waals surface area contributed by atoms with Crippen molar-refractivity contribution < 1.29 is 13.2 Å². The van der Waals surface area contributed by atoms with E-state index < -0.39 is 9.84 Å². The number of aromatic amines is 1. The van der Waals surface area contributed by atoms with Crippen molar-refractivity contribution in [2.45, 2.75) is 19.3 Å². The molecule has 0 spiro atoms. The smallest absolute Gasteiger partial charge is 0.223 e. The van der Waals surface area contributed by atoms with Crippen LogP contribution < -0.4 is 5.32 Å². The molecule has 0 saturated carbocycles. The summed E-state index contributed by atoms with van der Waals surface area (Å²) in [7, 11) is -2.91. The van der Waals surface area contributed by atoms with Crippen LogP contribution in [0.5, 0.6) is 0 Å². The topological polar surface area (TPSA) is 79.0 Å². The van der Waals surface area contributed by atoms with Gasteiger partial charge in [0.05, 0.1) is 11.5 Å². The summed E-state index contributed by atoms with van der Waals surface area (Å²) in [5.41, 5.74) is 2.28. The fourth-order valence-corrected chi connectivity index (χ4v) is 4.45. The summed E-state index contributed by atoms with van der Waals surface area (Å²) in [6.07, 6.45) is 3.63. The number of H-pyrrole nitrogens is 1. The summed E-state index contributed by atoms with van der Waals surface area (Å²) >= 11 is 0. The van der Waals surface area contributed by atoms with Gasteiger partial charge in [-0.1, -0.05) is 18.2 Å². The van der Waals surface area contributed by atoms with Crippen LogP contribution in [-0.2, 0) is 21.1 Å². The molecule has 118 valence electrons. The number of carbonyl (C=O) groups is 1. The molecule has 1 fully saturated rings. The lowest BCUT2D eigenvalue weighted by Crippen LogP contribution is -2.37. The van der Waals surface area contributed by atoms with Gasteiger partial charge < -0.3 is 10.3 Å². The Morgan fingerprint density at radius 2 is 1.95 bits per heavy atom. The van der Waals surface area contributed by atoms with Crippen LogP contribution in [0, 0.1) is 5.92 Å². The van der Waals surface area contributed by atoms with Crippen LogP contribution in [0.2, 0.25) is 0 Å². The zero-order chi connectivity index (χ0) is 15.6. The third-order valence-electron chi connectivity index (χ3n) is 4.29. The number of benzene rings is 1. The zero-order valence-corrected chi connectivity index (χ0v) is 13.2. The third kappa shape index (κ3) is 3.32. The Labute approximate surface area is 130 Å². The second-order valence-electron chi connectivity index (χ2n) is 5.83. The Balaban J connectivity index is 1.52. The molecule has 1 aromatic carbocycles. The molecule has 0 bridgehead atoms. The summed E-state index contributed by atoms with van der Waals surface area (Å²) in [4.78, 5) is 15.3. The first-order valence-electron chi connectivity index (χ1n) is 7.58. The zero-order valence-electron chi connectivity index (χ0n) is 12.3. The minimum absolute atomic E-state index is 0.0188. The van der Waals surface area contributed by atoms with Crippen molar-refractivity contribution in [3.8, 4) is 0 Å². The highest BCUT2D eigenvalue weighted by Crippen LogP contribution is 2.20. The first kappa shape index (κ1) is 15.1. The second-order valence-corrected chi connectivity index (χ2v) is 8.13. The lowest BCUT2D eigenvalue weighted by atomic mass is 10.0. The standard InChI is InChI=1S/C16H20N2O3S/c19-16(12-6-9-22(20,21)10-7-12)17-8-5-13-11-18-15-4-2-1-3-14(13)15/h1-4,11-12,18H,5-10H2,(H,17,19). The lowest BCUT2D eigenvalue weighted by Gasteiger charge is -2.21. The molecule has 0 atom stereocenters. The molecule has 1 saturated heterocycles. The van der Waals surface area contributed by atoms with Crippen LogP contribution in [-0.4, -0.2) is 37.4 Å². The summed E-state index contributed by atoms with van der Waals surface area (Å²) < 4.78 is 22.8. The Bertz CT molecular complexity index is 766. The first-order chi connectivity index (χ1) is 10.6. The number of hydrogen-bond acceptors (Lipinski definition) is 3. The van der Waals surface area contributed by atoms with Crippen molar-refractivity contribution in [2.24, 2.45) is 5.92 Å². The van der Waals surface area contributed by atoms with Crippen molar-refractivity contribution in [1.82, 2.24) is 10.3 Å². The van der Waals surface area contributed by atoms with Crippen LogP contribution in [0.15, 0.2) is 30.5 Å². The largest absolute Gasteiger partial charge is 0.361 e. The van der Waals surface area contributed by atoms with Gasteiger partial charge in [-0.2, -0.15) is 0 Å². The highest BCUT2D eigenvalue weighted by molar-refractivity contribution is 7.91. The monoisotopic (exact) mass is 320 g/mol. The molecule has 1 aliphatic rings. The van der Waals surface area contributed by atoms with Crippen molar-refractivity contribution >= 4 is 26.6 Å². The van der Waals surface area contributed by atoms with Gasteiger partial charge >= 0.3 is 0 Å². The van der Waals surface area contributed by atoms with E-state index in [9.17, 15) is 13.2 Å². The van der Waals surface area contributed by atoms with E-state index in [1.165, 1.54) is 10.9 Å². The number of amides is 1. The number of aromatic nitrogens is 1. The highest BCUT2D eigenvalue weighted by Gasteiger charge is 2.28. The Morgan fingerprint density at radius 3 is 2.73 bits per heavy atom. The van der Waals surface area contributed by atoms with Crippen LogP contribution in [0.1, 0.15) is 18.4 Å². The molecule has 1 aliphatic heterocycles. The molecule has 2 heterocycles. The van der Waals surface area contributed by atoms with Gasteiger partial charge in [0.15, 0.2) is 0 Å². The molecule has 2 N–H and O–H groups in total. The molecular weight excluding hydrogens is 300 g/mol. The summed E-state index contributed by atoms with van der Waals surface area (Å²) in [6.45, 7) is 0.573. The number of fused-ring (bicyclic) bond motifs is 1. The van der Waals surface area contributed by atoms with Gasteiger partial charge in [0, 0.05) is 29.6 Å². The van der Waals surface area contributed by atoms with E-state index in [2.05, 4.69) is 16.4 Å². The number of para-hydroxylation sites is 1. The average molecular weight is 320 g/mol. The third-order valence-corrected chi connectivity index (χ3v) is 6.01. The lowest BCUT2D eigenvalue weighted by molar-refractivity contribution is -0.125. The number of hydrogen-bond donors (Lipinski definition) is 2. The van der Waals surface area contributed by atoms with E-state index >= 15 is 0 Å². The maximum Gasteiger partial charge on any atom is 0.223 e. The van der Waals surface area contributed by atoms with E-state index in [1.807, 2.05) is 24.4 Å². The predicted octanol–water partition coefficient (Wildman–Crippen LogP) is 1.65. The van der Waals surface area contributed by atoms with E-state index in [0.717, 1.165) is 11.9 Å². The normalized spacial score (nSPS) is 18.4. The van der Waals surface area contributed by atoms with Crippen molar-refractivity contribution in [1.29, 1.82) is 0 Å². The van der Waals surface area contributed by atoms with Gasteiger partial charge in [0.2, 0.25) is 5.91 Å². The summed E-state index contributed by atoms with van der Waals surface area (Å²) in [6, 6.07) is 8.08. The van der Waals surface area contributed by atoms with Gasteiger partial charge in [0.25, 0.3) is 0 Å². The van der Waals surface area contributed by atoms with Gasteiger partial charge in [-0.25, -0.2) is 8.42 Å². The number of rotatable bonds is 4. The molecule has 0 radical (unpaired) electrons. The van der Waals surface area contributed by atoms with Gasteiger partial charge in [-0.3, -0.25) is 4.79 Å². The molecule has 2 aromatic rings. The minimum Gasteiger partial charge on any atom is -0.361 e. The molecule has 0 unspecified atom stereocenters. The fraction of sp³-hybridized carbons (Fsp3) is 0.438. The van der Waals surface area contributed by atoms with Crippen molar-refractivity contribution in [3.63, 3.8) is 0 Å². The molecular formula is C16H20N2O3S. The average Bonchev–Trinajstić information content (AvgIpc) is 2.90. The minimum atomic E-state index is -2.91. The highest BCUT2D eigenvalue weighted by atomic mass is 32.2. The van der Waals surface area contributed by atoms with Gasteiger partial charge in [-0.15, -0.1) is 0 Å². The van der Waals surface area contributed by atoms with E-state index in [0.29, 0.717) is 19.4 Å². The van der Waals surface area contributed by atoms with E-state index in [-0.39, 0.29) is 23.3 Å². The van der Waals surface area contributed by atoms with Crippen LogP contribution in [0.4, 0.5) is 0 Å². The van der Waals surface area contributed by atoms with Crippen molar-refractivity contribution in [3.05, 3.63) is 36.0 Å². The quantitative estimate of drug-likeness (QED) is 0.899. The van der Waals surface area contributed by atoms with E-state index in [4.69, 9.17) is 0 Å². The number of carbonyl (C=O) groups excluding carboxylic acids is 1. The maximum atomic E-state index is 12.1. The second kappa shape index (κ2) is 6.12. The molecule has 3 rings (SSSR count). The summed E-state index contributed by atoms with van der Waals surface area (Å²) in [5, 5.41) is 4.12. The molecule has 1 aromatic heterocycles. The SMILES string of the molecule is O=C(NCCc1c[nH]c2ccccc12)C1CCS(=O)(=O)CC1. The van der Waals surface area contributed by atoms with E-state index in [1.54, 1.807) is 0 Å². The van der Waals surface area contributed by atoms with Crippen LogP contribution in [0.3, 0.4) is 0 Å². The molecule has 6 heteroatoms. The summed E-state index contributed by atoms with van der Waals surface area (Å²) in [5.74, 6) is 0.0855. The molecule has 1 amide bonds. The Kier molecular flexibility index (Phi) is 4.20. The van der Waals surface area contributed by atoms with Crippen molar-refractivity contribution in [2.75, 3.05) is 18.1 Å². The van der Waals surface area contributed by atoms with Gasteiger partial charge in [-0.05, 0) is 30.9 Å². The number of sulfone groups is 1. The maximum absolute atomic E-state index is 12.1. The molecule has 0 aliphatic carbocycles. The van der Waals surface area contributed by atoms with Crippen LogP contribution in [0.25, 0.3) is 10.9 Å². The Morgan fingerprint density at radius 1 is 1.23 bits per heavy atom. The predicted molar refractivity (Wildman–Crippen MR) is 86.4 cm³/mol. The Hall–Kier alpha value is -1.82. The van der Waals surface area contributed by atoms with Gasteiger partial charge in [0.1, 0.15) is 9.84 Å². The fourth-order valence-electron chi connectivity index (χ4n) is 2.96. The molecule has 5 nitrogen and oxygen atoms in total. The number of nitrogens with one attached hydrogen (secondary N) is 2. The van der Waals surface area contributed by atoms with Crippen LogP contribution >= 0.6 is 0 Å². The molecule has 22 heavy (non-hydrogen) atoms. The first-order valence-corrected chi connectivity index (χ1v) is 9.40.